The van der Waals surface area contributed by atoms with Crippen LogP contribution in [0.15, 0.2) is 42.5 Å². The van der Waals surface area contributed by atoms with Crippen LogP contribution in [0, 0.1) is 13.8 Å². The molecular formula is C20H21N3O3. The van der Waals surface area contributed by atoms with Gasteiger partial charge in [0, 0.05) is 12.1 Å². The molecule has 1 unspecified atom stereocenters. The minimum absolute atomic E-state index is 0.127. The van der Waals surface area contributed by atoms with Crippen molar-refractivity contribution >= 4 is 29.1 Å². The molecule has 0 bridgehead atoms. The monoisotopic (exact) mass is 351 g/mol. The molecule has 0 aromatic heterocycles. The maximum Gasteiger partial charge on any atom is 0.254 e. The van der Waals surface area contributed by atoms with E-state index in [4.69, 9.17) is 0 Å². The predicted octanol–water partition coefficient (Wildman–Crippen LogP) is 2.77. The van der Waals surface area contributed by atoms with Crippen LogP contribution in [0.5, 0.6) is 0 Å². The fourth-order valence-electron chi connectivity index (χ4n) is 2.87. The summed E-state index contributed by atoms with van der Waals surface area (Å²) >= 11 is 0. The highest BCUT2D eigenvalue weighted by Crippen LogP contribution is 2.20. The normalized spacial score (nSPS) is 16.2. The lowest BCUT2D eigenvalue weighted by Crippen LogP contribution is -2.41. The molecular weight excluding hydrogens is 330 g/mol. The highest BCUT2D eigenvalue weighted by molar-refractivity contribution is 6.10. The SMILES string of the molecule is Cc1ccc(C)c(NC(=O)CCC2NC(=O)c3ccccc3NC2=O)c1. The second kappa shape index (κ2) is 7.39. The first-order valence-electron chi connectivity index (χ1n) is 8.52. The molecule has 3 N–H and O–H groups in total. The van der Waals surface area contributed by atoms with Crippen molar-refractivity contribution in [2.75, 3.05) is 10.6 Å². The number of benzene rings is 2. The third-order valence-corrected chi connectivity index (χ3v) is 4.38. The van der Waals surface area contributed by atoms with Crippen molar-refractivity contribution in [3.63, 3.8) is 0 Å². The molecule has 0 radical (unpaired) electrons. The van der Waals surface area contributed by atoms with Gasteiger partial charge in [-0.25, -0.2) is 0 Å². The van der Waals surface area contributed by atoms with Crippen molar-refractivity contribution in [2.45, 2.75) is 32.7 Å². The first-order valence-corrected chi connectivity index (χ1v) is 8.52. The van der Waals surface area contributed by atoms with Crippen molar-refractivity contribution in [2.24, 2.45) is 0 Å². The van der Waals surface area contributed by atoms with E-state index in [0.717, 1.165) is 16.8 Å². The minimum Gasteiger partial charge on any atom is -0.340 e. The van der Waals surface area contributed by atoms with E-state index in [1.165, 1.54) is 0 Å². The van der Waals surface area contributed by atoms with E-state index in [1.807, 2.05) is 32.0 Å². The molecule has 134 valence electrons. The molecule has 3 amide bonds. The van der Waals surface area contributed by atoms with E-state index >= 15 is 0 Å². The summed E-state index contributed by atoms with van der Waals surface area (Å²) in [5.74, 6) is -0.829. The Morgan fingerprint density at radius 2 is 1.88 bits per heavy atom. The molecule has 1 aliphatic heterocycles. The van der Waals surface area contributed by atoms with Crippen molar-refractivity contribution in [3.8, 4) is 0 Å². The van der Waals surface area contributed by atoms with E-state index in [0.29, 0.717) is 11.3 Å². The summed E-state index contributed by atoms with van der Waals surface area (Å²) in [7, 11) is 0. The molecule has 2 aromatic rings. The number of hydrogen-bond acceptors (Lipinski definition) is 3. The Morgan fingerprint density at radius 3 is 2.69 bits per heavy atom. The smallest absolute Gasteiger partial charge is 0.254 e. The molecule has 0 saturated carbocycles. The number of fused-ring (bicyclic) bond motifs is 1. The van der Waals surface area contributed by atoms with Gasteiger partial charge in [0.15, 0.2) is 0 Å². The maximum atomic E-state index is 12.3. The standard InChI is InChI=1S/C20H21N3O3/c1-12-7-8-13(2)17(11-12)21-18(24)10-9-16-20(26)22-15-6-4-3-5-14(15)19(25)23-16/h3-8,11,16H,9-10H2,1-2H3,(H,21,24)(H,22,26)(H,23,25). The maximum absolute atomic E-state index is 12.3. The average Bonchev–Trinajstić information content (AvgIpc) is 2.73. The Morgan fingerprint density at radius 1 is 1.12 bits per heavy atom. The zero-order chi connectivity index (χ0) is 18.7. The van der Waals surface area contributed by atoms with E-state index in [1.54, 1.807) is 24.3 Å². The molecule has 6 heteroatoms. The summed E-state index contributed by atoms with van der Waals surface area (Å²) in [6.07, 6.45) is 0.352. The highest BCUT2D eigenvalue weighted by Gasteiger charge is 2.27. The summed E-state index contributed by atoms with van der Waals surface area (Å²) in [6.45, 7) is 3.88. The highest BCUT2D eigenvalue weighted by atomic mass is 16.2. The molecule has 3 rings (SSSR count). The van der Waals surface area contributed by atoms with Gasteiger partial charge < -0.3 is 16.0 Å². The molecule has 2 aromatic carbocycles. The fraction of sp³-hybridized carbons (Fsp3) is 0.250. The number of amides is 3. The predicted molar refractivity (Wildman–Crippen MR) is 100 cm³/mol. The van der Waals surface area contributed by atoms with Gasteiger partial charge in [0.05, 0.1) is 11.3 Å². The Labute approximate surface area is 152 Å². The minimum atomic E-state index is -0.751. The van der Waals surface area contributed by atoms with Gasteiger partial charge in [-0.05, 0) is 49.6 Å². The third-order valence-electron chi connectivity index (χ3n) is 4.38. The third kappa shape index (κ3) is 3.91. The first kappa shape index (κ1) is 17.7. The van der Waals surface area contributed by atoms with Crippen molar-refractivity contribution in [1.29, 1.82) is 0 Å². The molecule has 1 heterocycles. The first-order chi connectivity index (χ1) is 12.4. The Kier molecular flexibility index (Phi) is 5.02. The van der Waals surface area contributed by atoms with Crippen molar-refractivity contribution in [3.05, 3.63) is 59.2 Å². The second-order valence-electron chi connectivity index (χ2n) is 6.47. The number of anilines is 2. The van der Waals surface area contributed by atoms with E-state index in [-0.39, 0.29) is 30.6 Å². The van der Waals surface area contributed by atoms with Gasteiger partial charge in [-0.3, -0.25) is 14.4 Å². The molecule has 0 fully saturated rings. The Bertz CT molecular complexity index is 876. The summed E-state index contributed by atoms with van der Waals surface area (Å²) < 4.78 is 0. The van der Waals surface area contributed by atoms with Crippen LogP contribution in [0.3, 0.4) is 0 Å². The largest absolute Gasteiger partial charge is 0.340 e. The summed E-state index contributed by atoms with van der Waals surface area (Å²) in [6, 6.07) is 11.9. The number of carbonyl (C=O) groups is 3. The van der Waals surface area contributed by atoms with E-state index in [2.05, 4.69) is 16.0 Å². The molecule has 0 saturated heterocycles. The molecule has 1 aliphatic rings. The quantitative estimate of drug-likeness (QED) is 0.791. The number of para-hydroxylation sites is 1. The lowest BCUT2D eigenvalue weighted by atomic mass is 10.1. The van der Waals surface area contributed by atoms with Gasteiger partial charge in [-0.1, -0.05) is 24.3 Å². The lowest BCUT2D eigenvalue weighted by Gasteiger charge is -2.15. The van der Waals surface area contributed by atoms with E-state index in [9.17, 15) is 14.4 Å². The molecule has 26 heavy (non-hydrogen) atoms. The zero-order valence-electron chi connectivity index (χ0n) is 14.8. The zero-order valence-corrected chi connectivity index (χ0v) is 14.8. The summed E-state index contributed by atoms with van der Waals surface area (Å²) in [5.41, 5.74) is 3.69. The van der Waals surface area contributed by atoms with Crippen LogP contribution in [0.2, 0.25) is 0 Å². The van der Waals surface area contributed by atoms with Gasteiger partial charge in [0.2, 0.25) is 11.8 Å². The van der Waals surface area contributed by atoms with Crippen LogP contribution in [0.1, 0.15) is 34.3 Å². The van der Waals surface area contributed by atoms with Gasteiger partial charge in [-0.2, -0.15) is 0 Å². The van der Waals surface area contributed by atoms with Crippen LogP contribution < -0.4 is 16.0 Å². The van der Waals surface area contributed by atoms with Crippen LogP contribution in [0.4, 0.5) is 11.4 Å². The van der Waals surface area contributed by atoms with Crippen molar-refractivity contribution in [1.82, 2.24) is 5.32 Å². The van der Waals surface area contributed by atoms with Gasteiger partial charge in [-0.15, -0.1) is 0 Å². The van der Waals surface area contributed by atoms with Gasteiger partial charge in [0.1, 0.15) is 6.04 Å². The molecule has 0 spiro atoms. The van der Waals surface area contributed by atoms with Gasteiger partial charge >= 0.3 is 0 Å². The number of aryl methyl sites for hydroxylation is 2. The topological polar surface area (TPSA) is 87.3 Å². The van der Waals surface area contributed by atoms with Crippen molar-refractivity contribution < 1.29 is 14.4 Å². The number of nitrogens with one attached hydrogen (secondary N) is 3. The lowest BCUT2D eigenvalue weighted by molar-refractivity contribution is -0.118. The second-order valence-corrected chi connectivity index (χ2v) is 6.47. The summed E-state index contributed by atoms with van der Waals surface area (Å²) in [4.78, 5) is 36.9. The number of rotatable bonds is 4. The van der Waals surface area contributed by atoms with Crippen LogP contribution >= 0.6 is 0 Å². The fourth-order valence-corrected chi connectivity index (χ4v) is 2.87. The van der Waals surface area contributed by atoms with Crippen LogP contribution in [-0.4, -0.2) is 23.8 Å². The Balaban J connectivity index is 1.62. The van der Waals surface area contributed by atoms with Gasteiger partial charge in [0.25, 0.3) is 5.91 Å². The molecule has 1 atom stereocenters. The van der Waals surface area contributed by atoms with Crippen LogP contribution in [0.25, 0.3) is 0 Å². The molecule has 0 aliphatic carbocycles. The number of carbonyl (C=O) groups excluding carboxylic acids is 3. The Hall–Kier alpha value is -3.15. The van der Waals surface area contributed by atoms with Crippen LogP contribution in [-0.2, 0) is 9.59 Å². The molecule has 6 nitrogen and oxygen atoms in total. The van der Waals surface area contributed by atoms with E-state index < -0.39 is 6.04 Å². The average molecular weight is 351 g/mol. The summed E-state index contributed by atoms with van der Waals surface area (Å²) in [5, 5.41) is 8.30. The number of hydrogen-bond donors (Lipinski definition) is 3.